The monoisotopic (exact) mass is 1330 g/mol. The van der Waals surface area contributed by atoms with Gasteiger partial charge in [-0.3, -0.25) is 57.5 Å². The topological polar surface area (TPSA) is 346 Å². The van der Waals surface area contributed by atoms with Crippen molar-refractivity contribution in [3.8, 4) is 0 Å². The molecule has 0 radical (unpaired) electrons. The average Bonchev–Trinajstić information content (AvgIpc) is 0.804. The van der Waals surface area contributed by atoms with Crippen molar-refractivity contribution < 1.29 is 76.5 Å². The van der Waals surface area contributed by atoms with Crippen LogP contribution in [0.3, 0.4) is 0 Å². The van der Waals surface area contributed by atoms with Crippen LogP contribution in [0.15, 0.2) is 12.2 Å². The molecule has 0 aliphatic carbocycles. The number of nitrogens with two attached hydrogens (primary N) is 1. The van der Waals surface area contributed by atoms with Crippen LogP contribution in [0.25, 0.3) is 0 Å². The van der Waals surface area contributed by atoms with Gasteiger partial charge in [0.25, 0.3) is 0 Å². The Morgan fingerprint density at radius 2 is 0.947 bits per heavy atom. The van der Waals surface area contributed by atoms with Gasteiger partial charge >= 0.3 is 12.1 Å². The van der Waals surface area contributed by atoms with Crippen molar-refractivity contribution in [2.75, 3.05) is 69.1 Å². The number of nitrogens with one attached hydrogen (secondary N) is 4. The van der Waals surface area contributed by atoms with E-state index in [0.29, 0.717) is 0 Å². The minimum atomic E-state index is -1.84. The zero-order valence-electron chi connectivity index (χ0n) is 60.7. The summed E-state index contributed by atoms with van der Waals surface area (Å²) in [6, 6.07) is -14.5. The summed E-state index contributed by atoms with van der Waals surface area (Å²) in [7, 11) is 9.57. The second-order valence-electron chi connectivity index (χ2n) is 27.3. The molecule has 0 aromatic rings. The molecule has 94 heavy (non-hydrogen) atoms. The average molecular weight is 1330 g/mol. The Morgan fingerprint density at radius 3 is 1.41 bits per heavy atom. The smallest absolute Gasteiger partial charge is 0.458 e. The van der Waals surface area contributed by atoms with E-state index in [1.54, 1.807) is 41.5 Å². The van der Waals surface area contributed by atoms with E-state index in [9.17, 15) is 43.2 Å². The Morgan fingerprint density at radius 1 is 0.500 bits per heavy atom. The number of rotatable bonds is 19. The van der Waals surface area contributed by atoms with Crippen molar-refractivity contribution in [1.82, 2.24) is 55.6 Å². The fourth-order valence-electron chi connectivity index (χ4n) is 11.2. The first-order valence-corrected chi connectivity index (χ1v) is 32.9. The van der Waals surface area contributed by atoms with Gasteiger partial charge in [-0.1, -0.05) is 102 Å². The Hall–Kier alpha value is -7.39. The molecule has 11 amide bonds. The van der Waals surface area contributed by atoms with Gasteiger partial charge in [0.2, 0.25) is 65.0 Å². The van der Waals surface area contributed by atoms with Crippen LogP contribution in [0, 0.1) is 35.5 Å². The van der Waals surface area contributed by atoms with E-state index >= 15 is 19.2 Å². The predicted molar refractivity (Wildman–Crippen MR) is 354 cm³/mol. The molecule has 1 heterocycles. The van der Waals surface area contributed by atoms with Crippen LogP contribution >= 0.6 is 0 Å². The minimum absolute atomic E-state index is 0.0642. The highest BCUT2D eigenvalue weighted by Gasteiger charge is 2.47. The van der Waals surface area contributed by atoms with Gasteiger partial charge in [0.15, 0.2) is 0 Å². The molecule has 1 fully saturated rings. The van der Waals surface area contributed by atoms with Gasteiger partial charge in [0, 0.05) is 62.3 Å². The van der Waals surface area contributed by atoms with Crippen molar-refractivity contribution in [3.63, 3.8) is 0 Å². The Balaban J connectivity index is 4.48. The molecule has 28 nitrogen and oxygen atoms in total. The van der Waals surface area contributed by atoms with Crippen LogP contribution in [-0.2, 0) is 71.7 Å². The molecule has 536 valence electrons. The summed E-state index contributed by atoms with van der Waals surface area (Å²) in [5.74, 6) is -11.1. The van der Waals surface area contributed by atoms with E-state index in [1.165, 1.54) is 99.8 Å². The Bertz CT molecular complexity index is 2630. The number of ether oxygens (including phenoxy) is 3. The highest BCUT2D eigenvalue weighted by Crippen LogP contribution is 2.25. The molecular weight excluding hydrogens is 1220 g/mol. The second kappa shape index (κ2) is 39.5. The zero-order valence-corrected chi connectivity index (χ0v) is 60.7. The molecule has 1 aliphatic heterocycles. The second-order valence-corrected chi connectivity index (χ2v) is 27.3. The lowest BCUT2D eigenvalue weighted by Crippen LogP contribution is -2.65. The first-order chi connectivity index (χ1) is 43.5. The normalized spacial score (nSPS) is 25.3. The minimum Gasteiger partial charge on any atom is -0.458 e. The zero-order chi connectivity index (χ0) is 72.7. The molecule has 12 atom stereocenters. The molecule has 0 aromatic carbocycles. The lowest BCUT2D eigenvalue weighted by Gasteiger charge is -2.42. The first-order valence-electron chi connectivity index (χ1n) is 32.9. The van der Waals surface area contributed by atoms with E-state index in [2.05, 4.69) is 21.3 Å². The number of amides is 11. The highest BCUT2D eigenvalue weighted by molar-refractivity contribution is 5.99. The number of likely N-dealkylation sites (N-methyl/N-ethyl adjacent to an activating group) is 7. The molecule has 6 N–H and O–H groups in total. The van der Waals surface area contributed by atoms with Gasteiger partial charge in [-0.25, -0.2) is 4.79 Å². The van der Waals surface area contributed by atoms with E-state index in [1.807, 2.05) is 55.4 Å². The maximum absolute atomic E-state index is 15.5. The lowest BCUT2D eigenvalue weighted by atomic mass is 9.94. The fourth-order valence-corrected chi connectivity index (χ4v) is 11.2. The molecular formula is C66H116N12O16. The van der Waals surface area contributed by atoms with Crippen molar-refractivity contribution >= 4 is 77.1 Å². The Kier molecular flexibility index (Phi) is 35.5. The summed E-state index contributed by atoms with van der Waals surface area (Å²) in [5, 5.41) is 10.9. The van der Waals surface area contributed by atoms with E-state index in [4.69, 9.17) is 19.9 Å². The molecule has 28 heteroatoms. The van der Waals surface area contributed by atoms with E-state index < -0.39 is 168 Å². The van der Waals surface area contributed by atoms with Crippen molar-refractivity contribution in [1.29, 1.82) is 0 Å². The van der Waals surface area contributed by atoms with Crippen LogP contribution in [0.1, 0.15) is 156 Å². The molecule has 1 saturated heterocycles. The maximum Gasteiger partial charge on any atom is 0.508 e. The van der Waals surface area contributed by atoms with Gasteiger partial charge in [0.05, 0.1) is 13.2 Å². The number of nitrogens with zero attached hydrogens (tertiary/aromatic N) is 7. The highest BCUT2D eigenvalue weighted by atomic mass is 16.7. The van der Waals surface area contributed by atoms with Crippen LogP contribution in [0.2, 0.25) is 0 Å². The van der Waals surface area contributed by atoms with E-state index in [0.717, 1.165) is 16.7 Å². The van der Waals surface area contributed by atoms with Gasteiger partial charge in [-0.2, -0.15) is 0 Å². The number of carbonyl (C=O) groups is 13. The molecule has 0 saturated carbocycles. The third kappa shape index (κ3) is 25.1. The summed E-state index contributed by atoms with van der Waals surface area (Å²) in [4.78, 5) is 195. The molecule has 8 unspecified atom stereocenters. The summed E-state index contributed by atoms with van der Waals surface area (Å²) >= 11 is 0. The van der Waals surface area contributed by atoms with Crippen LogP contribution in [-0.4, -0.2) is 253 Å². The van der Waals surface area contributed by atoms with Gasteiger partial charge < -0.3 is 75.5 Å². The van der Waals surface area contributed by atoms with Gasteiger partial charge in [-0.05, 0) is 94.8 Å². The van der Waals surface area contributed by atoms with Gasteiger partial charge in [-0.15, -0.1) is 0 Å². The predicted octanol–water partition coefficient (Wildman–Crippen LogP) is 2.68. The first kappa shape index (κ1) is 84.6. The van der Waals surface area contributed by atoms with Crippen molar-refractivity contribution in [2.24, 2.45) is 41.2 Å². The van der Waals surface area contributed by atoms with Crippen LogP contribution in [0.5, 0.6) is 0 Å². The van der Waals surface area contributed by atoms with Crippen LogP contribution in [0.4, 0.5) is 4.79 Å². The standard InChI is InChI=1S/C66H116N12O16/c1-25-46-61(86)72(18)35-51(80)73(19)47(31-36(3)4)58(83)71-52(40(11)12)64(89)74(20)48(32-37(5)6)57(82)68-42(15)56(81)69-43(16)60(85)75(21)49(33-38(7)8)62(87)76(22)50(34-39(9)10)63(88)77(23)53(41(13)14)65(90)78(24)54(59(84)70-46)55(94-44(17)79)45(67)29-27-28-30-93-66(91)92-26-2/h27-28,36-43,45-50,52-55H,25-26,29-35,67H2,1-24H3,(H,68,82)(H,69,81)(H,70,84)(H,71,83)/b28-27+/t42?,43-,45-,46?,47?,48?,49?,50+,52?,53?,54?,55-/m1/s1. The molecule has 0 spiro atoms. The van der Waals surface area contributed by atoms with Crippen molar-refractivity contribution in [2.45, 2.75) is 229 Å². The molecule has 1 rings (SSSR count). The third-order valence-corrected chi connectivity index (χ3v) is 16.6. The number of esters is 1. The maximum atomic E-state index is 15.5. The SMILES string of the molecule is CCOC(=O)OC/C=C/C[C@@H](N)[C@@H](OC(C)=O)C1C(=O)NC(CC)C(=O)N(C)CC(=O)N(C)C(CC(C)C)C(=O)NC(C(C)C)C(=O)N(C)C(CC(C)C)C(=O)NC(C)C(=O)N[C@H](C)C(=O)N(C)C(CC(C)C)C(=O)N(C)[C@@H](CC(C)C)C(=O)N(C)C(C(C)C)C(=O)N1C. The number of hydrogen-bond donors (Lipinski definition) is 5. The third-order valence-electron chi connectivity index (χ3n) is 16.6. The summed E-state index contributed by atoms with van der Waals surface area (Å²) < 4.78 is 15.7. The summed E-state index contributed by atoms with van der Waals surface area (Å²) in [6.45, 7) is 27.7. The molecule has 0 bridgehead atoms. The number of hydrogen-bond acceptors (Lipinski definition) is 17. The van der Waals surface area contributed by atoms with Crippen molar-refractivity contribution in [3.05, 3.63) is 12.2 Å². The Labute approximate surface area is 558 Å². The number of carbonyl (C=O) groups excluding carboxylic acids is 13. The largest absolute Gasteiger partial charge is 0.508 e. The summed E-state index contributed by atoms with van der Waals surface area (Å²) in [6.07, 6.45) is 0.529. The summed E-state index contributed by atoms with van der Waals surface area (Å²) in [5.41, 5.74) is 6.80. The molecule has 0 aromatic heterocycles. The quantitative estimate of drug-likeness (QED) is 0.0917. The lowest BCUT2D eigenvalue weighted by molar-refractivity contribution is -0.162. The van der Waals surface area contributed by atoms with Gasteiger partial charge in [0.1, 0.15) is 73.1 Å². The van der Waals surface area contributed by atoms with E-state index in [-0.39, 0.29) is 75.4 Å². The fraction of sp³-hybridized carbons (Fsp3) is 0.773. The van der Waals surface area contributed by atoms with Crippen LogP contribution < -0.4 is 27.0 Å². The molecule has 1 aliphatic rings.